The molecule has 0 atom stereocenters. The Hall–Kier alpha value is -3.84. The third-order valence-electron chi connectivity index (χ3n) is 5.16. The van der Waals surface area contributed by atoms with Gasteiger partial charge in [-0.05, 0) is 40.5 Å². The summed E-state index contributed by atoms with van der Waals surface area (Å²) in [5, 5.41) is 20.7. The first-order chi connectivity index (χ1) is 15.1. The van der Waals surface area contributed by atoms with Gasteiger partial charge in [0.2, 0.25) is 0 Å². The van der Waals surface area contributed by atoms with Gasteiger partial charge >= 0.3 is 12.1 Å². The number of ether oxygens (including phenoxy) is 2. The Morgan fingerprint density at radius 1 is 0.935 bits per heavy atom. The molecule has 0 aliphatic heterocycles. The van der Waals surface area contributed by atoms with Crippen molar-refractivity contribution in [2.45, 2.75) is 5.92 Å². The van der Waals surface area contributed by atoms with Crippen LogP contribution in [-0.2, 0) is 4.74 Å². The minimum atomic E-state index is -1.12. The number of carboxylic acid groups (broad SMARTS) is 1. The van der Waals surface area contributed by atoms with E-state index in [-0.39, 0.29) is 42.7 Å². The second kappa shape index (κ2) is 8.89. The van der Waals surface area contributed by atoms with Crippen molar-refractivity contribution < 1.29 is 29.3 Å². The van der Waals surface area contributed by atoms with Crippen LogP contribution < -0.4 is 10.1 Å². The summed E-state index contributed by atoms with van der Waals surface area (Å²) < 4.78 is 10.9. The quantitative estimate of drug-likeness (QED) is 0.532. The second-order valence-corrected chi connectivity index (χ2v) is 7.04. The number of aliphatic hydroxyl groups is 1. The van der Waals surface area contributed by atoms with Gasteiger partial charge in [0.05, 0.1) is 17.9 Å². The van der Waals surface area contributed by atoms with Crippen LogP contribution in [0.3, 0.4) is 0 Å². The lowest BCUT2D eigenvalue weighted by Crippen LogP contribution is -2.18. The molecule has 1 amide bonds. The Labute approximate surface area is 178 Å². The van der Waals surface area contributed by atoms with E-state index in [0.717, 1.165) is 22.3 Å². The molecule has 7 nitrogen and oxygen atoms in total. The van der Waals surface area contributed by atoms with Crippen LogP contribution in [0.5, 0.6) is 5.75 Å². The van der Waals surface area contributed by atoms with Gasteiger partial charge in [-0.2, -0.15) is 0 Å². The number of aliphatic hydroxyl groups excluding tert-OH is 1. The van der Waals surface area contributed by atoms with E-state index in [1.807, 2.05) is 36.4 Å². The maximum Gasteiger partial charge on any atom is 0.411 e. The number of hydrogen-bond donors (Lipinski definition) is 3. The molecule has 3 N–H and O–H groups in total. The molecule has 0 spiro atoms. The molecule has 7 heteroatoms. The number of carbonyl (C=O) groups excluding carboxylic acids is 1. The van der Waals surface area contributed by atoms with E-state index in [4.69, 9.17) is 19.7 Å². The van der Waals surface area contributed by atoms with Crippen LogP contribution in [0.15, 0.2) is 66.7 Å². The minimum absolute atomic E-state index is 0.00558. The number of benzene rings is 3. The molecular weight excluding hydrogens is 398 g/mol. The lowest BCUT2D eigenvalue weighted by atomic mass is 9.98. The zero-order valence-electron chi connectivity index (χ0n) is 16.6. The van der Waals surface area contributed by atoms with Crippen molar-refractivity contribution in [1.29, 1.82) is 0 Å². The van der Waals surface area contributed by atoms with E-state index in [9.17, 15) is 9.59 Å². The molecule has 0 radical (unpaired) electrons. The monoisotopic (exact) mass is 419 g/mol. The summed E-state index contributed by atoms with van der Waals surface area (Å²) in [6.07, 6.45) is -0.682. The van der Waals surface area contributed by atoms with Gasteiger partial charge in [-0.1, -0.05) is 48.5 Å². The molecule has 3 aromatic carbocycles. The van der Waals surface area contributed by atoms with E-state index in [1.54, 1.807) is 0 Å². The smallest absolute Gasteiger partial charge is 0.411 e. The summed E-state index contributed by atoms with van der Waals surface area (Å²) in [6, 6.07) is 20.2. The summed E-state index contributed by atoms with van der Waals surface area (Å²) in [5.41, 5.74) is 4.75. The fourth-order valence-corrected chi connectivity index (χ4v) is 3.78. The van der Waals surface area contributed by atoms with Gasteiger partial charge in [0, 0.05) is 5.92 Å². The number of aromatic carboxylic acids is 1. The highest BCUT2D eigenvalue weighted by Gasteiger charge is 2.29. The van der Waals surface area contributed by atoms with Crippen molar-refractivity contribution in [3.05, 3.63) is 83.4 Å². The SMILES string of the molecule is O=C(Nc1ccc(C(=O)O)cc1OCCO)OCC1c2ccccc2-c2ccccc21. The van der Waals surface area contributed by atoms with Crippen LogP contribution in [0.2, 0.25) is 0 Å². The normalized spacial score (nSPS) is 12.0. The van der Waals surface area contributed by atoms with Gasteiger partial charge in [0.25, 0.3) is 0 Å². The Bertz CT molecular complexity index is 1080. The summed E-state index contributed by atoms with van der Waals surface area (Å²) >= 11 is 0. The number of amides is 1. The van der Waals surface area contributed by atoms with Crippen LogP contribution in [0.1, 0.15) is 27.4 Å². The highest BCUT2D eigenvalue weighted by atomic mass is 16.5. The number of nitrogens with one attached hydrogen (secondary N) is 1. The van der Waals surface area contributed by atoms with Crippen LogP contribution in [0.4, 0.5) is 10.5 Å². The van der Waals surface area contributed by atoms with Crippen LogP contribution in [0, 0.1) is 0 Å². The summed E-state index contributed by atoms with van der Waals surface area (Å²) in [4.78, 5) is 23.7. The predicted molar refractivity (Wildman–Crippen MR) is 115 cm³/mol. The van der Waals surface area contributed by atoms with Gasteiger partial charge < -0.3 is 19.7 Å². The van der Waals surface area contributed by atoms with Gasteiger partial charge in [-0.3, -0.25) is 5.32 Å². The highest BCUT2D eigenvalue weighted by Crippen LogP contribution is 2.44. The first kappa shape index (κ1) is 20.4. The number of hydrogen-bond acceptors (Lipinski definition) is 5. The maximum absolute atomic E-state index is 12.5. The number of carboxylic acids is 1. The van der Waals surface area contributed by atoms with E-state index >= 15 is 0 Å². The molecular formula is C24H21NO6. The Morgan fingerprint density at radius 3 is 2.19 bits per heavy atom. The van der Waals surface area contributed by atoms with Crippen molar-refractivity contribution in [2.75, 3.05) is 25.1 Å². The average Bonchev–Trinajstić information content (AvgIpc) is 3.10. The molecule has 0 unspecified atom stereocenters. The minimum Gasteiger partial charge on any atom is -0.489 e. The van der Waals surface area contributed by atoms with Crippen molar-refractivity contribution in [1.82, 2.24) is 0 Å². The molecule has 1 aliphatic rings. The molecule has 0 saturated heterocycles. The molecule has 0 saturated carbocycles. The molecule has 31 heavy (non-hydrogen) atoms. The fraction of sp³-hybridized carbons (Fsp3) is 0.167. The maximum atomic E-state index is 12.5. The molecule has 0 fully saturated rings. The standard InChI is InChI=1S/C24H21NO6/c26-11-12-30-22-13-15(23(27)28)9-10-21(22)25-24(29)31-14-20-18-7-3-1-5-16(18)17-6-2-4-8-19(17)20/h1-10,13,20,26H,11-12,14H2,(H,25,29)(H,27,28). The van der Waals surface area contributed by atoms with E-state index in [0.29, 0.717) is 0 Å². The number of rotatable bonds is 7. The van der Waals surface area contributed by atoms with Crippen molar-refractivity contribution >= 4 is 17.7 Å². The predicted octanol–water partition coefficient (Wildman–Crippen LogP) is 4.12. The molecule has 3 aromatic rings. The van der Waals surface area contributed by atoms with Crippen molar-refractivity contribution in [3.63, 3.8) is 0 Å². The van der Waals surface area contributed by atoms with E-state index in [2.05, 4.69) is 17.4 Å². The molecule has 0 bridgehead atoms. The topological polar surface area (TPSA) is 105 Å². The van der Waals surface area contributed by atoms with Crippen LogP contribution in [0.25, 0.3) is 11.1 Å². The van der Waals surface area contributed by atoms with Crippen molar-refractivity contribution in [2.24, 2.45) is 0 Å². The molecule has 4 rings (SSSR count). The van der Waals surface area contributed by atoms with Crippen LogP contribution in [-0.4, -0.2) is 42.1 Å². The first-order valence-corrected chi connectivity index (χ1v) is 9.81. The Balaban J connectivity index is 1.48. The number of anilines is 1. The lowest BCUT2D eigenvalue weighted by molar-refractivity contribution is 0.0696. The zero-order chi connectivity index (χ0) is 21.8. The third kappa shape index (κ3) is 4.22. The van der Waals surface area contributed by atoms with Crippen LogP contribution >= 0.6 is 0 Å². The third-order valence-corrected chi connectivity index (χ3v) is 5.16. The fourth-order valence-electron chi connectivity index (χ4n) is 3.78. The highest BCUT2D eigenvalue weighted by molar-refractivity contribution is 5.92. The first-order valence-electron chi connectivity index (χ1n) is 9.81. The van der Waals surface area contributed by atoms with E-state index < -0.39 is 12.1 Å². The Kier molecular flexibility index (Phi) is 5.86. The molecule has 1 aliphatic carbocycles. The van der Waals surface area contributed by atoms with Gasteiger partial charge in [0.1, 0.15) is 19.0 Å². The summed E-state index contributed by atoms with van der Waals surface area (Å²) in [7, 11) is 0. The lowest BCUT2D eigenvalue weighted by Gasteiger charge is -2.16. The van der Waals surface area contributed by atoms with Gasteiger partial charge in [0.15, 0.2) is 0 Å². The average molecular weight is 419 g/mol. The molecule has 0 aromatic heterocycles. The number of fused-ring (bicyclic) bond motifs is 3. The zero-order valence-corrected chi connectivity index (χ0v) is 16.6. The largest absolute Gasteiger partial charge is 0.489 e. The molecule has 0 heterocycles. The van der Waals surface area contributed by atoms with E-state index in [1.165, 1.54) is 18.2 Å². The summed E-state index contributed by atoms with van der Waals surface area (Å²) in [6.45, 7) is -0.135. The second-order valence-electron chi connectivity index (χ2n) is 7.04. The Morgan fingerprint density at radius 2 is 1.58 bits per heavy atom. The molecule has 158 valence electrons. The van der Waals surface area contributed by atoms with Gasteiger partial charge in [-0.15, -0.1) is 0 Å². The van der Waals surface area contributed by atoms with Crippen molar-refractivity contribution in [3.8, 4) is 16.9 Å². The van der Waals surface area contributed by atoms with Gasteiger partial charge in [-0.25, -0.2) is 9.59 Å². The number of carbonyl (C=O) groups is 2. The summed E-state index contributed by atoms with van der Waals surface area (Å²) in [5.74, 6) is -1.05.